The van der Waals surface area contributed by atoms with Gasteiger partial charge in [0.15, 0.2) is 0 Å². The maximum absolute atomic E-state index is 12.1. The lowest BCUT2D eigenvalue weighted by Gasteiger charge is -2.15. The number of hydrogen-bond acceptors (Lipinski definition) is 3. The van der Waals surface area contributed by atoms with Gasteiger partial charge in [-0.2, -0.15) is 0 Å². The lowest BCUT2D eigenvalue weighted by molar-refractivity contribution is -0.274. The number of rotatable bonds is 5. The van der Waals surface area contributed by atoms with Crippen LogP contribution in [0.2, 0.25) is 0 Å². The smallest absolute Gasteiger partial charge is 0.406 e. The Kier molecular flexibility index (Phi) is 5.38. The number of halogens is 3. The van der Waals surface area contributed by atoms with Gasteiger partial charge in [0.1, 0.15) is 5.75 Å². The summed E-state index contributed by atoms with van der Waals surface area (Å²) in [6, 6.07) is 4.79. The van der Waals surface area contributed by atoms with Crippen LogP contribution in [0, 0.1) is 5.92 Å². The SMILES string of the molecule is CC(C)C(N)CC(=O)Nc1cccc(OC(F)(F)F)c1. The molecule has 1 aromatic carbocycles. The second kappa shape index (κ2) is 6.60. The van der Waals surface area contributed by atoms with Crippen LogP contribution in [0.15, 0.2) is 24.3 Å². The summed E-state index contributed by atoms with van der Waals surface area (Å²) < 4.78 is 40.0. The van der Waals surface area contributed by atoms with Gasteiger partial charge in [0.25, 0.3) is 0 Å². The van der Waals surface area contributed by atoms with Crippen LogP contribution in [-0.2, 0) is 4.79 Å². The molecule has 0 heterocycles. The zero-order valence-electron chi connectivity index (χ0n) is 11.2. The fourth-order valence-corrected chi connectivity index (χ4v) is 1.43. The molecule has 1 unspecified atom stereocenters. The van der Waals surface area contributed by atoms with Crippen molar-refractivity contribution in [1.82, 2.24) is 0 Å². The summed E-state index contributed by atoms with van der Waals surface area (Å²) in [5, 5.41) is 2.49. The van der Waals surface area contributed by atoms with Crippen LogP contribution >= 0.6 is 0 Å². The van der Waals surface area contributed by atoms with E-state index in [-0.39, 0.29) is 35.7 Å². The molecule has 20 heavy (non-hydrogen) atoms. The van der Waals surface area contributed by atoms with Gasteiger partial charge >= 0.3 is 6.36 Å². The van der Waals surface area contributed by atoms with E-state index in [0.717, 1.165) is 12.1 Å². The number of amides is 1. The van der Waals surface area contributed by atoms with Crippen LogP contribution in [0.3, 0.4) is 0 Å². The van der Waals surface area contributed by atoms with E-state index in [2.05, 4.69) is 10.1 Å². The van der Waals surface area contributed by atoms with E-state index in [1.54, 1.807) is 0 Å². The Morgan fingerprint density at radius 2 is 2.05 bits per heavy atom. The van der Waals surface area contributed by atoms with Crippen molar-refractivity contribution in [2.75, 3.05) is 5.32 Å². The van der Waals surface area contributed by atoms with E-state index in [0.29, 0.717) is 0 Å². The zero-order chi connectivity index (χ0) is 15.3. The van der Waals surface area contributed by atoms with Crippen LogP contribution in [0.1, 0.15) is 20.3 Å². The van der Waals surface area contributed by atoms with Gasteiger partial charge in [-0.15, -0.1) is 13.2 Å². The number of ether oxygens (including phenoxy) is 1. The van der Waals surface area contributed by atoms with Gasteiger partial charge in [-0.05, 0) is 18.1 Å². The van der Waals surface area contributed by atoms with Gasteiger partial charge in [0.05, 0.1) is 0 Å². The van der Waals surface area contributed by atoms with E-state index in [1.807, 2.05) is 13.8 Å². The van der Waals surface area contributed by atoms with Crippen molar-refractivity contribution in [3.8, 4) is 5.75 Å². The Bertz CT molecular complexity index is 461. The minimum atomic E-state index is -4.76. The van der Waals surface area contributed by atoms with Crippen LogP contribution in [-0.4, -0.2) is 18.3 Å². The molecule has 0 saturated carbocycles. The summed E-state index contributed by atoms with van der Waals surface area (Å²) in [6.07, 6.45) is -4.66. The number of carbonyl (C=O) groups excluding carboxylic acids is 1. The minimum absolute atomic E-state index is 0.0992. The van der Waals surface area contributed by atoms with Crippen LogP contribution < -0.4 is 15.8 Å². The second-order valence-corrected chi connectivity index (χ2v) is 4.74. The average Bonchev–Trinajstić information content (AvgIpc) is 2.26. The molecular formula is C13H17F3N2O2. The summed E-state index contributed by atoms with van der Waals surface area (Å²) in [7, 11) is 0. The van der Waals surface area contributed by atoms with Crippen molar-refractivity contribution in [2.45, 2.75) is 32.7 Å². The predicted octanol–water partition coefficient (Wildman–Crippen LogP) is 2.90. The molecule has 1 amide bonds. The van der Waals surface area contributed by atoms with Gasteiger partial charge in [-0.3, -0.25) is 4.79 Å². The fourth-order valence-electron chi connectivity index (χ4n) is 1.43. The van der Waals surface area contributed by atoms with Crippen molar-refractivity contribution in [2.24, 2.45) is 11.7 Å². The molecule has 1 aromatic rings. The molecule has 0 aromatic heterocycles. The Morgan fingerprint density at radius 3 is 2.60 bits per heavy atom. The number of carbonyl (C=O) groups is 1. The lowest BCUT2D eigenvalue weighted by atomic mass is 10.0. The first-order chi connectivity index (χ1) is 9.17. The summed E-state index contributed by atoms with van der Waals surface area (Å²) in [5.41, 5.74) is 5.98. The fraction of sp³-hybridized carbons (Fsp3) is 0.462. The first kappa shape index (κ1) is 16.3. The lowest BCUT2D eigenvalue weighted by Crippen LogP contribution is -2.31. The molecule has 0 aliphatic heterocycles. The van der Waals surface area contributed by atoms with Gasteiger partial charge in [-0.25, -0.2) is 0 Å². The topological polar surface area (TPSA) is 64.4 Å². The van der Waals surface area contributed by atoms with Gasteiger partial charge in [0, 0.05) is 24.2 Å². The summed E-state index contributed by atoms with van der Waals surface area (Å²) in [6.45, 7) is 3.77. The van der Waals surface area contributed by atoms with Crippen LogP contribution in [0.5, 0.6) is 5.75 Å². The number of benzene rings is 1. The standard InChI is InChI=1S/C13H17F3N2O2/c1-8(2)11(17)7-12(19)18-9-4-3-5-10(6-9)20-13(14,15)16/h3-6,8,11H,7,17H2,1-2H3,(H,18,19). The van der Waals surface area contributed by atoms with Crippen molar-refractivity contribution >= 4 is 11.6 Å². The zero-order valence-corrected chi connectivity index (χ0v) is 11.2. The largest absolute Gasteiger partial charge is 0.573 e. The monoisotopic (exact) mass is 290 g/mol. The average molecular weight is 290 g/mol. The molecule has 0 saturated heterocycles. The highest BCUT2D eigenvalue weighted by Crippen LogP contribution is 2.25. The maximum atomic E-state index is 12.1. The van der Waals surface area contributed by atoms with E-state index in [4.69, 9.17) is 5.73 Å². The van der Waals surface area contributed by atoms with Crippen molar-refractivity contribution in [3.63, 3.8) is 0 Å². The van der Waals surface area contributed by atoms with Gasteiger partial charge in [-0.1, -0.05) is 19.9 Å². The molecule has 1 atom stereocenters. The molecule has 0 bridgehead atoms. The molecule has 112 valence electrons. The third-order valence-electron chi connectivity index (χ3n) is 2.63. The first-order valence-electron chi connectivity index (χ1n) is 6.08. The van der Waals surface area contributed by atoms with E-state index in [9.17, 15) is 18.0 Å². The molecule has 3 N–H and O–H groups in total. The van der Waals surface area contributed by atoms with E-state index < -0.39 is 6.36 Å². The molecule has 0 radical (unpaired) electrons. The quantitative estimate of drug-likeness (QED) is 0.876. The molecule has 1 rings (SSSR count). The maximum Gasteiger partial charge on any atom is 0.573 e. The summed E-state index contributed by atoms with van der Waals surface area (Å²) in [4.78, 5) is 11.7. The van der Waals surface area contributed by atoms with E-state index in [1.165, 1.54) is 12.1 Å². The summed E-state index contributed by atoms with van der Waals surface area (Å²) in [5.74, 6) is -0.598. The Morgan fingerprint density at radius 1 is 1.40 bits per heavy atom. The molecule has 0 spiro atoms. The van der Waals surface area contributed by atoms with Crippen molar-refractivity contribution in [1.29, 1.82) is 0 Å². The summed E-state index contributed by atoms with van der Waals surface area (Å²) >= 11 is 0. The van der Waals surface area contributed by atoms with Crippen molar-refractivity contribution < 1.29 is 22.7 Å². The van der Waals surface area contributed by atoms with Crippen molar-refractivity contribution in [3.05, 3.63) is 24.3 Å². The highest BCUT2D eigenvalue weighted by molar-refractivity contribution is 5.91. The Balaban J connectivity index is 2.64. The minimum Gasteiger partial charge on any atom is -0.406 e. The highest BCUT2D eigenvalue weighted by atomic mass is 19.4. The number of alkyl halides is 3. The molecule has 0 aliphatic carbocycles. The first-order valence-corrected chi connectivity index (χ1v) is 6.08. The predicted molar refractivity (Wildman–Crippen MR) is 69.2 cm³/mol. The van der Waals surface area contributed by atoms with E-state index >= 15 is 0 Å². The van der Waals surface area contributed by atoms with Crippen LogP contribution in [0.25, 0.3) is 0 Å². The van der Waals surface area contributed by atoms with Gasteiger partial charge in [0.2, 0.25) is 5.91 Å². The molecule has 7 heteroatoms. The number of nitrogens with two attached hydrogens (primary N) is 1. The van der Waals surface area contributed by atoms with Crippen LogP contribution in [0.4, 0.5) is 18.9 Å². The normalized spacial score (nSPS) is 13.2. The highest BCUT2D eigenvalue weighted by Gasteiger charge is 2.31. The Hall–Kier alpha value is -1.76. The molecule has 4 nitrogen and oxygen atoms in total. The third kappa shape index (κ3) is 5.92. The second-order valence-electron chi connectivity index (χ2n) is 4.74. The third-order valence-corrected chi connectivity index (χ3v) is 2.63. The molecule has 0 aliphatic rings. The Labute approximate surface area is 115 Å². The molecular weight excluding hydrogens is 273 g/mol. The number of anilines is 1. The molecule has 0 fully saturated rings. The number of nitrogens with one attached hydrogen (secondary N) is 1. The van der Waals surface area contributed by atoms with Gasteiger partial charge < -0.3 is 15.8 Å². The number of hydrogen-bond donors (Lipinski definition) is 2.